The summed E-state index contributed by atoms with van der Waals surface area (Å²) in [5.74, 6) is -0.0907. The second kappa shape index (κ2) is 6.73. The van der Waals surface area contributed by atoms with E-state index in [9.17, 15) is 4.79 Å². The van der Waals surface area contributed by atoms with Crippen molar-refractivity contribution < 1.29 is 9.53 Å². The van der Waals surface area contributed by atoms with Gasteiger partial charge in [-0.15, -0.1) is 0 Å². The zero-order valence-electron chi connectivity index (χ0n) is 12.6. The fourth-order valence-electron chi connectivity index (χ4n) is 2.55. The molecule has 4 nitrogen and oxygen atoms in total. The van der Waals surface area contributed by atoms with Crippen LogP contribution in [0, 0.1) is 6.92 Å². The van der Waals surface area contributed by atoms with Crippen molar-refractivity contribution in [2.45, 2.75) is 13.0 Å². The van der Waals surface area contributed by atoms with Crippen LogP contribution in [0.15, 0.2) is 48.5 Å². The van der Waals surface area contributed by atoms with Gasteiger partial charge in [-0.3, -0.25) is 4.79 Å². The number of hydrogen-bond acceptors (Lipinski definition) is 3. The molecule has 1 heterocycles. The van der Waals surface area contributed by atoms with Gasteiger partial charge in [-0.1, -0.05) is 29.8 Å². The van der Waals surface area contributed by atoms with Gasteiger partial charge in [-0.05, 0) is 36.8 Å². The SMILES string of the molecule is Cc1cccc(C(=O)Nc2ccc([C@@H]3CNCCO3)cc2)c1. The third kappa shape index (κ3) is 3.53. The van der Waals surface area contributed by atoms with Gasteiger partial charge in [0.2, 0.25) is 0 Å². The molecule has 22 heavy (non-hydrogen) atoms. The number of carbonyl (C=O) groups excluding carboxylic acids is 1. The Kier molecular flexibility index (Phi) is 4.51. The molecule has 0 aromatic heterocycles. The molecule has 114 valence electrons. The largest absolute Gasteiger partial charge is 0.371 e. The summed E-state index contributed by atoms with van der Waals surface area (Å²) < 4.78 is 5.72. The van der Waals surface area contributed by atoms with Crippen molar-refractivity contribution in [2.24, 2.45) is 0 Å². The third-order valence-corrected chi connectivity index (χ3v) is 3.75. The number of anilines is 1. The summed E-state index contributed by atoms with van der Waals surface area (Å²) in [5, 5.41) is 6.23. The molecule has 1 fully saturated rings. The van der Waals surface area contributed by atoms with E-state index in [0.29, 0.717) is 5.56 Å². The smallest absolute Gasteiger partial charge is 0.255 e. The van der Waals surface area contributed by atoms with E-state index in [1.54, 1.807) is 0 Å². The van der Waals surface area contributed by atoms with Crippen LogP contribution in [-0.2, 0) is 4.74 Å². The lowest BCUT2D eigenvalue weighted by Gasteiger charge is -2.24. The Bertz CT molecular complexity index is 646. The normalized spacial score (nSPS) is 18.0. The number of carbonyl (C=O) groups is 1. The number of hydrogen-bond donors (Lipinski definition) is 2. The van der Waals surface area contributed by atoms with Crippen molar-refractivity contribution in [1.82, 2.24) is 5.32 Å². The molecule has 1 aliphatic heterocycles. The van der Waals surface area contributed by atoms with Gasteiger partial charge in [0, 0.05) is 24.3 Å². The predicted molar refractivity (Wildman–Crippen MR) is 87.1 cm³/mol. The Morgan fingerprint density at radius 1 is 1.23 bits per heavy atom. The van der Waals surface area contributed by atoms with E-state index >= 15 is 0 Å². The minimum absolute atomic E-state index is 0.0907. The van der Waals surface area contributed by atoms with Crippen molar-refractivity contribution >= 4 is 11.6 Å². The van der Waals surface area contributed by atoms with Crippen molar-refractivity contribution in [3.63, 3.8) is 0 Å². The van der Waals surface area contributed by atoms with E-state index in [1.165, 1.54) is 0 Å². The zero-order valence-corrected chi connectivity index (χ0v) is 12.6. The molecule has 0 bridgehead atoms. The number of rotatable bonds is 3. The number of morpholine rings is 1. The summed E-state index contributed by atoms with van der Waals surface area (Å²) in [6.45, 7) is 4.44. The third-order valence-electron chi connectivity index (χ3n) is 3.75. The molecule has 0 unspecified atom stereocenters. The molecule has 1 amide bonds. The summed E-state index contributed by atoms with van der Waals surface area (Å²) >= 11 is 0. The highest BCUT2D eigenvalue weighted by atomic mass is 16.5. The molecule has 3 rings (SSSR count). The van der Waals surface area contributed by atoms with Crippen molar-refractivity contribution in [3.05, 3.63) is 65.2 Å². The lowest BCUT2D eigenvalue weighted by molar-refractivity contribution is 0.0277. The first-order chi connectivity index (χ1) is 10.7. The fraction of sp³-hybridized carbons (Fsp3) is 0.278. The molecular formula is C18H20N2O2. The van der Waals surface area contributed by atoms with E-state index < -0.39 is 0 Å². The first kappa shape index (κ1) is 14.8. The van der Waals surface area contributed by atoms with Crippen LogP contribution in [0.5, 0.6) is 0 Å². The second-order valence-electron chi connectivity index (χ2n) is 5.51. The molecule has 0 spiro atoms. The molecule has 1 saturated heterocycles. The maximum Gasteiger partial charge on any atom is 0.255 e. The molecule has 0 saturated carbocycles. The lowest BCUT2D eigenvalue weighted by Crippen LogP contribution is -2.33. The van der Waals surface area contributed by atoms with Crippen LogP contribution in [0.1, 0.15) is 27.6 Å². The van der Waals surface area contributed by atoms with Crippen molar-refractivity contribution in [3.8, 4) is 0 Å². The number of amides is 1. The van der Waals surface area contributed by atoms with Gasteiger partial charge in [0.15, 0.2) is 0 Å². The summed E-state index contributed by atoms with van der Waals surface area (Å²) in [4.78, 5) is 12.2. The standard InChI is InChI=1S/C18H20N2O2/c1-13-3-2-4-15(11-13)18(21)20-16-7-5-14(6-8-16)17-12-19-9-10-22-17/h2-8,11,17,19H,9-10,12H2,1H3,(H,20,21)/t17-/m0/s1. The predicted octanol–water partition coefficient (Wildman–Crippen LogP) is 2.91. The Hall–Kier alpha value is -2.17. The molecule has 2 aromatic rings. The van der Waals surface area contributed by atoms with Gasteiger partial charge in [0.25, 0.3) is 5.91 Å². The first-order valence-corrected chi connectivity index (χ1v) is 7.53. The summed E-state index contributed by atoms with van der Waals surface area (Å²) in [5.41, 5.74) is 3.66. The van der Waals surface area contributed by atoms with E-state index in [4.69, 9.17) is 4.74 Å². The first-order valence-electron chi connectivity index (χ1n) is 7.53. The van der Waals surface area contributed by atoms with E-state index in [2.05, 4.69) is 10.6 Å². The Balaban J connectivity index is 1.66. The van der Waals surface area contributed by atoms with Crippen molar-refractivity contribution in [1.29, 1.82) is 0 Å². The Morgan fingerprint density at radius 3 is 2.73 bits per heavy atom. The minimum atomic E-state index is -0.0907. The average Bonchev–Trinajstić information content (AvgIpc) is 2.56. The molecule has 0 aliphatic carbocycles. The second-order valence-corrected chi connectivity index (χ2v) is 5.51. The Labute approximate surface area is 130 Å². The summed E-state index contributed by atoms with van der Waals surface area (Å²) in [7, 11) is 0. The van der Waals surface area contributed by atoms with E-state index in [0.717, 1.165) is 36.5 Å². The number of benzene rings is 2. The van der Waals surface area contributed by atoms with Crippen LogP contribution in [0.25, 0.3) is 0 Å². The average molecular weight is 296 g/mol. The highest BCUT2D eigenvalue weighted by molar-refractivity contribution is 6.04. The fourth-order valence-corrected chi connectivity index (χ4v) is 2.55. The molecule has 2 aromatic carbocycles. The van der Waals surface area contributed by atoms with Crippen molar-refractivity contribution in [2.75, 3.05) is 25.0 Å². The lowest BCUT2D eigenvalue weighted by atomic mass is 10.1. The maximum absolute atomic E-state index is 12.2. The van der Waals surface area contributed by atoms with Gasteiger partial charge < -0.3 is 15.4 Å². The molecule has 0 radical (unpaired) electrons. The van der Waals surface area contributed by atoms with E-state index in [1.807, 2.05) is 55.5 Å². The van der Waals surface area contributed by atoms with Crippen LogP contribution in [0.3, 0.4) is 0 Å². The van der Waals surface area contributed by atoms with Crippen LogP contribution >= 0.6 is 0 Å². The van der Waals surface area contributed by atoms with Crippen LogP contribution in [-0.4, -0.2) is 25.6 Å². The highest BCUT2D eigenvalue weighted by Crippen LogP contribution is 2.21. The molecule has 2 N–H and O–H groups in total. The molecular weight excluding hydrogens is 276 g/mol. The molecule has 1 aliphatic rings. The van der Waals surface area contributed by atoms with Gasteiger partial charge in [-0.2, -0.15) is 0 Å². The Morgan fingerprint density at radius 2 is 2.05 bits per heavy atom. The van der Waals surface area contributed by atoms with Gasteiger partial charge in [-0.25, -0.2) is 0 Å². The van der Waals surface area contributed by atoms with Gasteiger partial charge in [0.05, 0.1) is 12.7 Å². The number of nitrogens with one attached hydrogen (secondary N) is 2. The summed E-state index contributed by atoms with van der Waals surface area (Å²) in [6, 6.07) is 15.4. The number of ether oxygens (including phenoxy) is 1. The monoisotopic (exact) mass is 296 g/mol. The van der Waals surface area contributed by atoms with Gasteiger partial charge in [0.1, 0.15) is 0 Å². The quantitative estimate of drug-likeness (QED) is 0.915. The minimum Gasteiger partial charge on any atom is -0.371 e. The van der Waals surface area contributed by atoms with Crippen LogP contribution < -0.4 is 10.6 Å². The highest BCUT2D eigenvalue weighted by Gasteiger charge is 2.15. The number of aryl methyl sites for hydroxylation is 1. The summed E-state index contributed by atoms with van der Waals surface area (Å²) in [6.07, 6.45) is 0.0928. The molecule has 1 atom stereocenters. The zero-order chi connectivity index (χ0) is 15.4. The van der Waals surface area contributed by atoms with Gasteiger partial charge >= 0.3 is 0 Å². The van der Waals surface area contributed by atoms with Crippen LogP contribution in [0.2, 0.25) is 0 Å². The topological polar surface area (TPSA) is 50.4 Å². The van der Waals surface area contributed by atoms with E-state index in [-0.39, 0.29) is 12.0 Å². The maximum atomic E-state index is 12.2. The molecule has 4 heteroatoms. The van der Waals surface area contributed by atoms with Crippen LogP contribution in [0.4, 0.5) is 5.69 Å².